The molecule has 0 bridgehead atoms. The number of aliphatic imine (C=N–C) groups is 1. The van der Waals surface area contributed by atoms with Gasteiger partial charge in [0.25, 0.3) is 5.91 Å². The van der Waals surface area contributed by atoms with Crippen molar-refractivity contribution in [2.45, 2.75) is 94.7 Å². The molecule has 3 atom stereocenters. The minimum Gasteiger partial charge on any atom is -0.378 e. The van der Waals surface area contributed by atoms with Crippen molar-refractivity contribution >= 4 is 23.3 Å². The van der Waals surface area contributed by atoms with Crippen molar-refractivity contribution in [3.63, 3.8) is 0 Å². The van der Waals surface area contributed by atoms with Gasteiger partial charge in [0, 0.05) is 52.0 Å². The van der Waals surface area contributed by atoms with Gasteiger partial charge in [-0.1, -0.05) is 44.0 Å². The number of nitriles is 1. The van der Waals surface area contributed by atoms with Crippen LogP contribution in [0.2, 0.25) is 0 Å². The van der Waals surface area contributed by atoms with E-state index in [0.29, 0.717) is 24.4 Å². The Labute approximate surface area is 303 Å². The van der Waals surface area contributed by atoms with Gasteiger partial charge in [0.05, 0.1) is 24.1 Å². The Morgan fingerprint density at radius 2 is 1.65 bits per heavy atom. The molecule has 1 saturated heterocycles. The lowest BCUT2D eigenvalue weighted by Gasteiger charge is -2.43. The fourth-order valence-corrected chi connectivity index (χ4v) is 8.51. The van der Waals surface area contributed by atoms with Crippen LogP contribution in [-0.2, 0) is 27.9 Å². The van der Waals surface area contributed by atoms with Crippen LogP contribution in [0, 0.1) is 11.3 Å². The molecule has 2 aromatic rings. The summed E-state index contributed by atoms with van der Waals surface area (Å²) in [5.74, 6) is 1.07. The van der Waals surface area contributed by atoms with Crippen molar-refractivity contribution in [2.24, 2.45) is 4.99 Å². The summed E-state index contributed by atoms with van der Waals surface area (Å²) in [6.07, 6.45) is 9.07. The zero-order chi connectivity index (χ0) is 36.4. The van der Waals surface area contributed by atoms with E-state index < -0.39 is 5.41 Å². The number of likely N-dealkylation sites (tertiary alicyclic amines) is 1. The topological polar surface area (TPSA) is 105 Å². The highest BCUT2D eigenvalue weighted by Crippen LogP contribution is 2.48. The van der Waals surface area contributed by atoms with E-state index in [-0.39, 0.29) is 36.5 Å². The summed E-state index contributed by atoms with van der Waals surface area (Å²) >= 11 is 0. The van der Waals surface area contributed by atoms with Crippen LogP contribution in [0.1, 0.15) is 96.5 Å². The highest BCUT2D eigenvalue weighted by Gasteiger charge is 2.51. The molecule has 2 amide bonds. The molecule has 0 spiro atoms. The monoisotopic (exact) mass is 691 g/mol. The molecule has 10 nitrogen and oxygen atoms in total. The van der Waals surface area contributed by atoms with Crippen molar-refractivity contribution in [1.82, 2.24) is 25.1 Å². The molecule has 2 fully saturated rings. The predicted molar refractivity (Wildman–Crippen MR) is 201 cm³/mol. The van der Waals surface area contributed by atoms with Gasteiger partial charge in [0.1, 0.15) is 6.04 Å². The number of amides is 2. The maximum Gasteiger partial charge on any atom is 0.253 e. The molecule has 2 heterocycles. The lowest BCUT2D eigenvalue weighted by atomic mass is 9.67. The lowest BCUT2D eigenvalue weighted by Crippen LogP contribution is -2.53. The Morgan fingerprint density at radius 3 is 2.27 bits per heavy atom. The van der Waals surface area contributed by atoms with Gasteiger partial charge in [-0.3, -0.25) is 9.59 Å². The average Bonchev–Trinajstić information content (AvgIpc) is 3.75. The molecular formula is C41H53N7O3. The first-order valence-electron chi connectivity index (χ1n) is 18.5. The molecule has 0 aromatic heterocycles. The average molecular weight is 692 g/mol. The van der Waals surface area contributed by atoms with Gasteiger partial charge in [-0.15, -0.1) is 0 Å². The Bertz CT molecular complexity index is 1690. The molecule has 0 radical (unpaired) electrons. The first-order chi connectivity index (χ1) is 24.4. The Kier molecular flexibility index (Phi) is 10.6. The summed E-state index contributed by atoms with van der Waals surface area (Å²) in [5, 5.41) is 15.2. The number of rotatable bonds is 10. The molecule has 1 saturated carbocycles. The van der Waals surface area contributed by atoms with Gasteiger partial charge in [-0.25, -0.2) is 0 Å². The van der Waals surface area contributed by atoms with Crippen molar-refractivity contribution in [3.8, 4) is 6.07 Å². The van der Waals surface area contributed by atoms with Gasteiger partial charge in [-0.2, -0.15) is 15.3 Å². The number of hydrogen-bond donors (Lipinski definition) is 1. The van der Waals surface area contributed by atoms with Crippen LogP contribution in [0.4, 0.5) is 0 Å². The second kappa shape index (κ2) is 14.9. The van der Waals surface area contributed by atoms with Crippen LogP contribution in [-0.4, -0.2) is 96.8 Å². The smallest absolute Gasteiger partial charge is 0.253 e. The Balaban J connectivity index is 1.52. The summed E-state index contributed by atoms with van der Waals surface area (Å²) in [7, 11) is 7.57. The van der Waals surface area contributed by atoms with Crippen molar-refractivity contribution in [2.75, 3.05) is 41.3 Å². The van der Waals surface area contributed by atoms with Crippen LogP contribution in [0.15, 0.2) is 60.4 Å². The standard InChI is InChI=1S/C41H53N7O3/c1-27(43-26-38(49)47-21-11-14-35(47)25-42)24-41(40-44-29(3)51-48(40)34-12-9-8-10-13-34)36-19-17-30(28(2)45(4)5)22-31(36)15-16-32-23-33(18-20-37(32)41)39(50)46(6)7/h17-20,22-23,27,34-35,43H,2-3,8-16,21,24,26H2,1,4-7H3/t27-,35+,41?/m1/s1. The summed E-state index contributed by atoms with van der Waals surface area (Å²) in [5.41, 5.74) is 6.30. The van der Waals surface area contributed by atoms with Gasteiger partial charge >= 0.3 is 0 Å². The number of nitrogens with one attached hydrogen (secondary N) is 1. The second-order valence-electron chi connectivity index (χ2n) is 15.1. The molecule has 2 aliphatic heterocycles. The van der Waals surface area contributed by atoms with Crippen LogP contribution < -0.4 is 5.32 Å². The fraction of sp³-hybridized carbons (Fsp3) is 0.512. The van der Waals surface area contributed by atoms with E-state index in [0.717, 1.165) is 85.2 Å². The van der Waals surface area contributed by atoms with E-state index in [1.54, 1.807) is 23.9 Å². The summed E-state index contributed by atoms with van der Waals surface area (Å²) in [6.45, 7) is 11.4. The van der Waals surface area contributed by atoms with Gasteiger partial charge in [-0.05, 0) is 104 Å². The second-order valence-corrected chi connectivity index (χ2v) is 15.1. The van der Waals surface area contributed by atoms with Crippen LogP contribution in [0.25, 0.3) is 5.70 Å². The third-order valence-corrected chi connectivity index (χ3v) is 11.2. The molecule has 51 heavy (non-hydrogen) atoms. The normalized spacial score (nSPS) is 22.2. The molecular weight excluding hydrogens is 638 g/mol. The number of nitrogens with zero attached hydrogens (tertiary/aromatic N) is 6. The quantitative estimate of drug-likeness (QED) is 0.344. The molecule has 4 aliphatic rings. The number of carbonyl (C=O) groups excluding carboxylic acids is 2. The molecule has 1 unspecified atom stereocenters. The molecule has 2 aromatic carbocycles. The van der Waals surface area contributed by atoms with E-state index in [9.17, 15) is 14.9 Å². The van der Waals surface area contributed by atoms with E-state index in [2.05, 4.69) is 61.8 Å². The number of hydrogen-bond acceptors (Lipinski definition) is 8. The highest BCUT2D eigenvalue weighted by molar-refractivity contribution is 6.00. The molecule has 2 aliphatic carbocycles. The van der Waals surface area contributed by atoms with E-state index >= 15 is 0 Å². The lowest BCUT2D eigenvalue weighted by molar-refractivity contribution is -0.130. The zero-order valence-corrected chi connectivity index (χ0v) is 31.0. The first-order valence-corrected chi connectivity index (χ1v) is 18.5. The maximum atomic E-state index is 13.4. The third-order valence-electron chi connectivity index (χ3n) is 11.2. The van der Waals surface area contributed by atoms with E-state index in [1.165, 1.54) is 12.0 Å². The summed E-state index contributed by atoms with van der Waals surface area (Å²) in [4.78, 5) is 43.7. The Hall–Kier alpha value is -4.62. The number of carbonyl (C=O) groups is 2. The van der Waals surface area contributed by atoms with Crippen LogP contribution in [0.3, 0.4) is 0 Å². The molecule has 270 valence electrons. The van der Waals surface area contributed by atoms with E-state index in [4.69, 9.17) is 9.83 Å². The number of aryl methyl sites for hydroxylation is 2. The molecule has 1 N–H and O–H groups in total. The third kappa shape index (κ3) is 7.01. The summed E-state index contributed by atoms with van der Waals surface area (Å²) < 4.78 is 0. The largest absolute Gasteiger partial charge is 0.378 e. The number of benzene rings is 2. The SMILES string of the molecule is C=C1N=C(C2(C[C@@H](C)NCC(=O)N3CCC[C@H]3C#N)c3ccc(C(=C)N(C)C)cc3CCc3cc(C(=O)N(C)C)ccc32)N(C2CCCCC2)O1. The number of hydroxylamine groups is 2. The van der Waals surface area contributed by atoms with Crippen LogP contribution in [0.5, 0.6) is 0 Å². The Morgan fingerprint density at radius 1 is 1.00 bits per heavy atom. The van der Waals surface area contributed by atoms with Gasteiger partial charge in [0.2, 0.25) is 11.8 Å². The number of fused-ring (bicyclic) bond motifs is 2. The number of amidine groups is 1. The molecule has 6 rings (SSSR count). The summed E-state index contributed by atoms with van der Waals surface area (Å²) in [6, 6.07) is 14.7. The predicted octanol–water partition coefficient (Wildman–Crippen LogP) is 5.64. The fourth-order valence-electron chi connectivity index (χ4n) is 8.51. The van der Waals surface area contributed by atoms with Crippen molar-refractivity contribution in [3.05, 3.63) is 88.8 Å². The van der Waals surface area contributed by atoms with Gasteiger partial charge in [0.15, 0.2) is 5.84 Å². The maximum absolute atomic E-state index is 13.4. The van der Waals surface area contributed by atoms with E-state index in [1.807, 2.05) is 30.1 Å². The van der Waals surface area contributed by atoms with Gasteiger partial charge < -0.3 is 24.9 Å². The zero-order valence-electron chi connectivity index (χ0n) is 31.0. The minimum atomic E-state index is -0.811. The van der Waals surface area contributed by atoms with Crippen molar-refractivity contribution < 1.29 is 14.4 Å². The van der Waals surface area contributed by atoms with Crippen molar-refractivity contribution in [1.29, 1.82) is 5.26 Å². The highest BCUT2D eigenvalue weighted by atomic mass is 16.7. The van der Waals surface area contributed by atoms with Crippen LogP contribution >= 0.6 is 0 Å². The minimum absolute atomic E-state index is 0.0420. The first kappa shape index (κ1) is 36.2. The molecule has 10 heteroatoms.